The summed E-state index contributed by atoms with van der Waals surface area (Å²) in [6.45, 7) is 0. The van der Waals surface area contributed by atoms with E-state index in [1.807, 2.05) is 12.1 Å². The SMILES string of the molecule is C.C1CCCC1.C1CCCC1.O=C(c1ccccc1)N(O)c1ccccc1.[CH3-].[CH3-].[V+2]. The number of para-hydroxylation sites is 1. The summed E-state index contributed by atoms with van der Waals surface area (Å²) in [7, 11) is 0. The van der Waals surface area contributed by atoms with Gasteiger partial charge in [-0.2, -0.15) is 5.06 Å². The molecular weight excluding hydrogens is 409 g/mol. The van der Waals surface area contributed by atoms with E-state index < -0.39 is 5.91 Å². The zero-order chi connectivity index (χ0) is 18.5. The van der Waals surface area contributed by atoms with Crippen LogP contribution in [0.4, 0.5) is 5.69 Å². The maximum atomic E-state index is 11.8. The largest absolute Gasteiger partial charge is 2.00 e. The number of hydrogen-bond donors (Lipinski definition) is 1. The van der Waals surface area contributed by atoms with Crippen molar-refractivity contribution in [2.45, 2.75) is 71.6 Å². The minimum atomic E-state index is -0.438. The van der Waals surface area contributed by atoms with Crippen LogP contribution in [0.5, 0.6) is 0 Å². The fourth-order valence-electron chi connectivity index (χ4n) is 3.16. The van der Waals surface area contributed by atoms with Crippen LogP contribution in [0, 0.1) is 14.9 Å². The second-order valence-corrected chi connectivity index (χ2v) is 6.85. The molecule has 4 rings (SSSR count). The van der Waals surface area contributed by atoms with Gasteiger partial charge in [0.15, 0.2) is 0 Å². The predicted octanol–water partition coefficient (Wildman–Crippen LogP) is 8.16. The van der Waals surface area contributed by atoms with E-state index in [-0.39, 0.29) is 40.8 Å². The minimum absolute atomic E-state index is 0. The molecule has 1 amide bonds. The molecule has 0 atom stereocenters. The van der Waals surface area contributed by atoms with Crippen LogP contribution in [0.1, 0.15) is 82.0 Å². The average Bonchev–Trinajstić information content (AvgIpc) is 3.47. The number of anilines is 1. The molecule has 30 heavy (non-hydrogen) atoms. The molecule has 1 N–H and O–H groups in total. The van der Waals surface area contributed by atoms with Gasteiger partial charge in [-0.25, -0.2) is 0 Å². The first kappa shape index (κ1) is 33.1. The molecule has 2 aromatic rings. The fourth-order valence-corrected chi connectivity index (χ4v) is 3.16. The molecule has 2 aromatic carbocycles. The summed E-state index contributed by atoms with van der Waals surface area (Å²) in [6, 6.07) is 17.3. The summed E-state index contributed by atoms with van der Waals surface area (Å²) in [5.41, 5.74) is 0.908. The Labute approximate surface area is 197 Å². The number of hydroxylamine groups is 1. The molecule has 3 nitrogen and oxygen atoms in total. The van der Waals surface area contributed by atoms with E-state index in [1.165, 1.54) is 64.2 Å². The Kier molecular flexibility index (Phi) is 22.9. The first-order valence-corrected chi connectivity index (χ1v) is 9.92. The third-order valence-corrected chi connectivity index (χ3v) is 4.71. The van der Waals surface area contributed by atoms with Gasteiger partial charge in [-0.05, 0) is 24.3 Å². The van der Waals surface area contributed by atoms with E-state index in [0.717, 1.165) is 0 Å². The summed E-state index contributed by atoms with van der Waals surface area (Å²) in [5.74, 6) is -0.438. The molecule has 0 aliphatic heterocycles. The van der Waals surface area contributed by atoms with Gasteiger partial charge in [0.1, 0.15) is 0 Å². The van der Waals surface area contributed by atoms with Gasteiger partial charge >= 0.3 is 18.6 Å². The van der Waals surface area contributed by atoms with E-state index in [9.17, 15) is 10.0 Å². The summed E-state index contributed by atoms with van der Waals surface area (Å²) < 4.78 is 0. The summed E-state index contributed by atoms with van der Waals surface area (Å²) in [5, 5.41) is 10.4. The predicted molar refractivity (Wildman–Crippen MR) is 127 cm³/mol. The molecule has 0 heterocycles. The van der Waals surface area contributed by atoms with E-state index in [2.05, 4.69) is 0 Å². The van der Waals surface area contributed by atoms with Gasteiger partial charge in [-0.1, -0.05) is 108 Å². The zero-order valence-corrected chi connectivity index (χ0v) is 19.5. The van der Waals surface area contributed by atoms with Gasteiger partial charge in [0.25, 0.3) is 5.91 Å². The molecule has 0 bridgehead atoms. The second-order valence-electron chi connectivity index (χ2n) is 6.85. The number of nitrogens with zero attached hydrogens (tertiary/aromatic N) is 1. The topological polar surface area (TPSA) is 40.5 Å². The maximum absolute atomic E-state index is 11.8. The molecule has 2 aliphatic rings. The Balaban J connectivity index is -0.000000436. The van der Waals surface area contributed by atoms with Crippen molar-refractivity contribution in [1.29, 1.82) is 0 Å². The zero-order valence-electron chi connectivity index (χ0n) is 18.1. The number of amides is 1. The van der Waals surface area contributed by atoms with Crippen LogP contribution < -0.4 is 5.06 Å². The van der Waals surface area contributed by atoms with Crippen molar-refractivity contribution in [3.8, 4) is 0 Å². The number of carbonyl (C=O) groups is 1. The smallest absolute Gasteiger partial charge is 0.358 e. The normalized spacial score (nSPS) is 13.2. The molecular formula is C26H41NO2V. The van der Waals surface area contributed by atoms with Crippen molar-refractivity contribution in [1.82, 2.24) is 0 Å². The van der Waals surface area contributed by atoms with Crippen molar-refractivity contribution >= 4 is 11.6 Å². The van der Waals surface area contributed by atoms with Crippen molar-refractivity contribution in [2.75, 3.05) is 5.06 Å². The second kappa shape index (κ2) is 20.7. The van der Waals surface area contributed by atoms with Crippen molar-refractivity contribution in [2.24, 2.45) is 0 Å². The average molecular weight is 451 g/mol. The van der Waals surface area contributed by atoms with Gasteiger partial charge in [0, 0.05) is 5.56 Å². The molecule has 2 saturated carbocycles. The molecule has 167 valence electrons. The van der Waals surface area contributed by atoms with E-state index >= 15 is 0 Å². The standard InChI is InChI=1S/C13H11NO2.2C5H10.CH4.2CH3.V/c15-13(11-7-3-1-4-8-11)14(16)12-9-5-2-6-10-12;2*1-2-4-5-3-1;;;;/h1-10,16H;2*1-5H2;1H4;2*1H3;/q;;;;2*-1;+2. The van der Waals surface area contributed by atoms with Crippen molar-refractivity contribution in [3.63, 3.8) is 0 Å². The van der Waals surface area contributed by atoms with Gasteiger partial charge in [-0.15, -0.1) is 0 Å². The summed E-state index contributed by atoms with van der Waals surface area (Å²) >= 11 is 0. The summed E-state index contributed by atoms with van der Waals surface area (Å²) in [4.78, 5) is 11.8. The molecule has 2 aliphatic carbocycles. The molecule has 0 saturated heterocycles. The van der Waals surface area contributed by atoms with Gasteiger partial charge < -0.3 is 14.9 Å². The van der Waals surface area contributed by atoms with Crippen molar-refractivity contribution in [3.05, 3.63) is 81.1 Å². The van der Waals surface area contributed by atoms with Crippen LogP contribution in [-0.4, -0.2) is 11.1 Å². The van der Waals surface area contributed by atoms with Crippen molar-refractivity contribution < 1.29 is 28.6 Å². The first-order valence-electron chi connectivity index (χ1n) is 9.92. The number of hydrogen-bond acceptors (Lipinski definition) is 2. The quantitative estimate of drug-likeness (QED) is 0.285. The van der Waals surface area contributed by atoms with Crippen LogP contribution in [0.3, 0.4) is 0 Å². The van der Waals surface area contributed by atoms with E-state index in [0.29, 0.717) is 16.3 Å². The third-order valence-electron chi connectivity index (χ3n) is 4.71. The number of carbonyl (C=O) groups excluding carboxylic acids is 1. The Bertz CT molecular complexity index is 586. The molecule has 2 fully saturated rings. The number of benzene rings is 2. The molecule has 1 radical (unpaired) electrons. The van der Waals surface area contributed by atoms with Crippen LogP contribution in [-0.2, 0) is 18.6 Å². The van der Waals surface area contributed by atoms with Gasteiger partial charge in [0.05, 0.1) is 5.69 Å². The maximum Gasteiger partial charge on any atom is 2.00 e. The Morgan fingerprint density at radius 2 is 0.933 bits per heavy atom. The number of rotatable bonds is 2. The Morgan fingerprint density at radius 3 is 1.27 bits per heavy atom. The van der Waals surface area contributed by atoms with Crippen LogP contribution >= 0.6 is 0 Å². The summed E-state index contributed by atoms with van der Waals surface area (Å²) in [6.07, 6.45) is 15.0. The third kappa shape index (κ3) is 12.9. The van der Waals surface area contributed by atoms with Gasteiger partial charge in [0.2, 0.25) is 0 Å². The van der Waals surface area contributed by atoms with E-state index in [4.69, 9.17) is 0 Å². The van der Waals surface area contributed by atoms with Crippen LogP contribution in [0.15, 0.2) is 60.7 Å². The molecule has 4 heteroatoms. The van der Waals surface area contributed by atoms with E-state index in [1.54, 1.807) is 48.5 Å². The molecule has 0 spiro atoms. The van der Waals surface area contributed by atoms with Crippen LogP contribution in [0.25, 0.3) is 0 Å². The Hall–Kier alpha value is -1.55. The first-order chi connectivity index (χ1) is 12.8. The Morgan fingerprint density at radius 1 is 0.633 bits per heavy atom. The van der Waals surface area contributed by atoms with Crippen LogP contribution in [0.2, 0.25) is 0 Å². The fraction of sp³-hybridized carbons (Fsp3) is 0.423. The monoisotopic (exact) mass is 450 g/mol. The minimum Gasteiger partial charge on any atom is -0.358 e. The molecule has 0 aromatic heterocycles. The molecule has 0 unspecified atom stereocenters. The van der Waals surface area contributed by atoms with Gasteiger partial charge in [-0.3, -0.25) is 10.0 Å².